The highest BCUT2D eigenvalue weighted by atomic mass is 32.1. The Hall–Kier alpha value is -1.67. The minimum Gasteiger partial charge on any atom is -0.395 e. The molecule has 2 aliphatic rings. The molecule has 0 saturated carbocycles. The first kappa shape index (κ1) is 17.2. The molecule has 1 unspecified atom stereocenters. The summed E-state index contributed by atoms with van der Waals surface area (Å²) in [4.78, 5) is 33.0. The number of thiazole rings is 1. The normalized spacial score (nSPS) is 24.1. The molecule has 0 radical (unpaired) electrons. The van der Waals surface area contributed by atoms with Crippen molar-refractivity contribution in [3.63, 3.8) is 0 Å². The standard InChI is InChI=1S/C16H24N4O3S/c17-15-18-12(10-24-15)2-3-13(22)20-7-5-16(11-20)4-1-6-19(8-9-21)14(16)23/h10,21H,1-9,11H2,(H2,17,18). The summed E-state index contributed by atoms with van der Waals surface area (Å²) in [5.41, 5.74) is 6.02. The van der Waals surface area contributed by atoms with Crippen molar-refractivity contribution >= 4 is 28.3 Å². The number of carbonyl (C=O) groups excluding carboxylic acids is 2. The summed E-state index contributed by atoms with van der Waals surface area (Å²) in [5.74, 6) is 0.177. The SMILES string of the molecule is Nc1nc(CCC(=O)N2CCC3(CCCN(CCO)C3=O)C2)cs1. The van der Waals surface area contributed by atoms with Gasteiger partial charge in [-0.05, 0) is 25.7 Å². The number of aliphatic hydroxyl groups excluding tert-OH is 1. The van der Waals surface area contributed by atoms with Crippen molar-refractivity contribution in [2.24, 2.45) is 5.41 Å². The Labute approximate surface area is 145 Å². The second kappa shape index (κ2) is 7.06. The van der Waals surface area contributed by atoms with Crippen LogP contribution in [0.15, 0.2) is 5.38 Å². The summed E-state index contributed by atoms with van der Waals surface area (Å²) in [6.07, 6.45) is 3.48. The Morgan fingerprint density at radius 1 is 1.42 bits per heavy atom. The molecule has 1 aromatic rings. The van der Waals surface area contributed by atoms with Crippen molar-refractivity contribution in [1.82, 2.24) is 14.8 Å². The van der Waals surface area contributed by atoms with Gasteiger partial charge in [0.05, 0.1) is 17.7 Å². The van der Waals surface area contributed by atoms with E-state index in [2.05, 4.69) is 4.98 Å². The molecule has 8 heteroatoms. The molecular formula is C16H24N4O3S. The van der Waals surface area contributed by atoms with E-state index in [1.54, 1.807) is 4.90 Å². The molecule has 3 rings (SSSR count). The summed E-state index contributed by atoms with van der Waals surface area (Å²) in [6.45, 7) is 2.23. The maximum Gasteiger partial charge on any atom is 0.230 e. The van der Waals surface area contributed by atoms with Gasteiger partial charge >= 0.3 is 0 Å². The lowest BCUT2D eigenvalue weighted by Crippen LogP contribution is -2.51. The molecule has 2 fully saturated rings. The molecule has 2 amide bonds. The molecular weight excluding hydrogens is 328 g/mol. The lowest BCUT2D eigenvalue weighted by molar-refractivity contribution is -0.146. The molecule has 24 heavy (non-hydrogen) atoms. The van der Waals surface area contributed by atoms with E-state index in [1.807, 2.05) is 10.3 Å². The topological polar surface area (TPSA) is 99.8 Å². The Morgan fingerprint density at radius 3 is 2.96 bits per heavy atom. The zero-order valence-electron chi connectivity index (χ0n) is 13.7. The van der Waals surface area contributed by atoms with Crippen LogP contribution < -0.4 is 5.73 Å². The van der Waals surface area contributed by atoms with E-state index in [-0.39, 0.29) is 18.4 Å². The van der Waals surface area contributed by atoms with Crippen molar-refractivity contribution in [3.8, 4) is 0 Å². The third kappa shape index (κ3) is 3.39. The zero-order valence-corrected chi connectivity index (χ0v) is 14.6. The first-order valence-electron chi connectivity index (χ1n) is 8.42. The largest absolute Gasteiger partial charge is 0.395 e. The highest BCUT2D eigenvalue weighted by Gasteiger charge is 2.49. The molecule has 0 aliphatic carbocycles. The van der Waals surface area contributed by atoms with Gasteiger partial charge in [0.25, 0.3) is 0 Å². The van der Waals surface area contributed by atoms with E-state index >= 15 is 0 Å². The van der Waals surface area contributed by atoms with E-state index < -0.39 is 5.41 Å². The van der Waals surface area contributed by atoms with Gasteiger partial charge in [-0.25, -0.2) is 4.98 Å². The molecule has 2 saturated heterocycles. The van der Waals surface area contributed by atoms with Crippen molar-refractivity contribution in [1.29, 1.82) is 0 Å². The molecule has 3 heterocycles. The summed E-state index contributed by atoms with van der Waals surface area (Å²) in [6, 6.07) is 0. The maximum absolute atomic E-state index is 12.7. The number of aliphatic hydroxyl groups is 1. The van der Waals surface area contributed by atoms with Gasteiger partial charge in [-0.1, -0.05) is 0 Å². The number of aryl methyl sites for hydroxylation is 1. The summed E-state index contributed by atoms with van der Waals surface area (Å²) < 4.78 is 0. The molecule has 1 atom stereocenters. The Balaban J connectivity index is 1.57. The number of hydrogen-bond donors (Lipinski definition) is 2. The predicted octanol–water partition coefficient (Wildman–Crippen LogP) is 0.491. The van der Waals surface area contributed by atoms with Crippen LogP contribution in [0.3, 0.4) is 0 Å². The molecule has 132 valence electrons. The molecule has 1 aromatic heterocycles. The Kier molecular flexibility index (Phi) is 5.05. The van der Waals surface area contributed by atoms with Gasteiger partial charge in [0.2, 0.25) is 11.8 Å². The summed E-state index contributed by atoms with van der Waals surface area (Å²) in [5, 5.41) is 11.5. The van der Waals surface area contributed by atoms with Crippen LogP contribution in [-0.2, 0) is 16.0 Å². The number of amides is 2. The van der Waals surface area contributed by atoms with Crippen LogP contribution >= 0.6 is 11.3 Å². The summed E-state index contributed by atoms with van der Waals surface area (Å²) in [7, 11) is 0. The highest BCUT2D eigenvalue weighted by molar-refractivity contribution is 7.13. The molecule has 7 nitrogen and oxygen atoms in total. The second-order valence-corrected chi connectivity index (χ2v) is 7.53. The van der Waals surface area contributed by atoms with Crippen LogP contribution in [0, 0.1) is 5.41 Å². The number of nitrogens with two attached hydrogens (primary N) is 1. The van der Waals surface area contributed by atoms with Gasteiger partial charge in [-0.2, -0.15) is 0 Å². The fraction of sp³-hybridized carbons (Fsp3) is 0.688. The maximum atomic E-state index is 12.7. The van der Waals surface area contributed by atoms with Crippen LogP contribution in [0.1, 0.15) is 31.4 Å². The summed E-state index contributed by atoms with van der Waals surface area (Å²) >= 11 is 1.38. The van der Waals surface area contributed by atoms with Gasteiger partial charge in [0, 0.05) is 38.0 Å². The lowest BCUT2D eigenvalue weighted by Gasteiger charge is -2.39. The predicted molar refractivity (Wildman–Crippen MR) is 91.4 cm³/mol. The van der Waals surface area contributed by atoms with E-state index in [0.29, 0.717) is 44.2 Å². The number of β-amino-alcohol motifs (C(OH)–C–C–N with tert-alkyl or cyclic N) is 1. The van der Waals surface area contributed by atoms with Gasteiger partial charge in [0.15, 0.2) is 5.13 Å². The number of aromatic nitrogens is 1. The zero-order chi connectivity index (χ0) is 17.2. The smallest absolute Gasteiger partial charge is 0.230 e. The molecule has 0 bridgehead atoms. The quantitative estimate of drug-likeness (QED) is 0.803. The molecule has 1 spiro atoms. The molecule has 0 aromatic carbocycles. The highest BCUT2D eigenvalue weighted by Crippen LogP contribution is 2.40. The molecule has 3 N–H and O–H groups in total. The van der Waals surface area contributed by atoms with Crippen molar-refractivity contribution in [3.05, 3.63) is 11.1 Å². The monoisotopic (exact) mass is 352 g/mol. The van der Waals surface area contributed by atoms with E-state index in [1.165, 1.54) is 11.3 Å². The third-order valence-corrected chi connectivity index (χ3v) is 5.79. The average molecular weight is 352 g/mol. The Bertz CT molecular complexity index is 618. The fourth-order valence-electron chi connectivity index (χ4n) is 3.78. The lowest BCUT2D eigenvalue weighted by atomic mass is 9.78. The van der Waals surface area contributed by atoms with Crippen LogP contribution in [0.2, 0.25) is 0 Å². The van der Waals surface area contributed by atoms with Crippen molar-refractivity contribution in [2.75, 3.05) is 38.5 Å². The van der Waals surface area contributed by atoms with Gasteiger partial charge in [-0.3, -0.25) is 9.59 Å². The fourth-order valence-corrected chi connectivity index (χ4v) is 4.38. The van der Waals surface area contributed by atoms with Crippen LogP contribution in [0.4, 0.5) is 5.13 Å². The van der Waals surface area contributed by atoms with Gasteiger partial charge < -0.3 is 20.6 Å². The first-order chi connectivity index (χ1) is 11.5. The number of rotatable bonds is 5. The number of anilines is 1. The minimum atomic E-state index is -0.436. The third-order valence-electron chi connectivity index (χ3n) is 5.07. The van der Waals surface area contributed by atoms with Crippen LogP contribution in [0.5, 0.6) is 0 Å². The number of nitrogen functional groups attached to an aromatic ring is 1. The van der Waals surface area contributed by atoms with E-state index in [9.17, 15) is 9.59 Å². The Morgan fingerprint density at radius 2 is 2.25 bits per heavy atom. The average Bonchev–Trinajstić information content (AvgIpc) is 3.17. The van der Waals surface area contributed by atoms with Crippen LogP contribution in [-0.4, -0.2) is 64.5 Å². The second-order valence-electron chi connectivity index (χ2n) is 6.64. The van der Waals surface area contributed by atoms with Crippen LogP contribution in [0.25, 0.3) is 0 Å². The van der Waals surface area contributed by atoms with E-state index in [0.717, 1.165) is 25.0 Å². The number of carbonyl (C=O) groups is 2. The van der Waals surface area contributed by atoms with Gasteiger partial charge in [-0.15, -0.1) is 11.3 Å². The number of piperidine rings is 1. The van der Waals surface area contributed by atoms with Gasteiger partial charge in [0.1, 0.15) is 0 Å². The first-order valence-corrected chi connectivity index (χ1v) is 9.30. The van der Waals surface area contributed by atoms with Crippen molar-refractivity contribution in [2.45, 2.75) is 32.1 Å². The number of likely N-dealkylation sites (tertiary alicyclic amines) is 2. The molecule has 2 aliphatic heterocycles. The number of nitrogens with zero attached hydrogens (tertiary/aromatic N) is 3. The minimum absolute atomic E-state index is 0.0127. The van der Waals surface area contributed by atoms with Crippen molar-refractivity contribution < 1.29 is 14.7 Å². The number of hydrogen-bond acceptors (Lipinski definition) is 6. The van der Waals surface area contributed by atoms with E-state index in [4.69, 9.17) is 10.8 Å².